The minimum atomic E-state index is -3.70. The van der Waals surface area contributed by atoms with Gasteiger partial charge in [0.05, 0.1) is 11.4 Å². The standard InChI is InChI=1S/C14H13ClFNO2S/c1-10-4-2-3-5-11(10)9-20(18,19)17-14-8-12(15)6-7-13(14)16/h2-8,17H,9H2,1H3. The first-order valence-corrected chi connectivity index (χ1v) is 7.90. The van der Waals surface area contributed by atoms with Gasteiger partial charge in [0.2, 0.25) is 10.0 Å². The van der Waals surface area contributed by atoms with Gasteiger partial charge in [0.25, 0.3) is 0 Å². The van der Waals surface area contributed by atoms with E-state index in [2.05, 4.69) is 4.72 Å². The Hall–Kier alpha value is -1.59. The lowest BCUT2D eigenvalue weighted by atomic mass is 10.1. The largest absolute Gasteiger partial charge is 0.280 e. The highest BCUT2D eigenvalue weighted by Crippen LogP contribution is 2.22. The van der Waals surface area contributed by atoms with Gasteiger partial charge in [-0.15, -0.1) is 0 Å². The molecule has 0 unspecified atom stereocenters. The van der Waals surface area contributed by atoms with E-state index in [1.807, 2.05) is 19.1 Å². The van der Waals surface area contributed by atoms with Crippen LogP contribution in [0.25, 0.3) is 0 Å². The van der Waals surface area contributed by atoms with E-state index < -0.39 is 15.8 Å². The number of halogens is 2. The minimum Gasteiger partial charge on any atom is -0.280 e. The van der Waals surface area contributed by atoms with Crippen molar-refractivity contribution in [2.24, 2.45) is 0 Å². The first-order valence-electron chi connectivity index (χ1n) is 5.87. The Bertz CT molecular complexity index is 732. The zero-order valence-electron chi connectivity index (χ0n) is 10.7. The second kappa shape index (κ2) is 5.81. The summed E-state index contributed by atoms with van der Waals surface area (Å²) in [4.78, 5) is 0. The number of sulfonamides is 1. The topological polar surface area (TPSA) is 46.2 Å². The Morgan fingerprint density at radius 1 is 1.20 bits per heavy atom. The van der Waals surface area contributed by atoms with Crippen LogP contribution in [0.4, 0.5) is 10.1 Å². The lowest BCUT2D eigenvalue weighted by molar-refractivity contribution is 0.597. The Morgan fingerprint density at radius 2 is 1.90 bits per heavy atom. The summed E-state index contributed by atoms with van der Waals surface area (Å²) in [5, 5.41) is 0.264. The fraction of sp³-hybridized carbons (Fsp3) is 0.143. The van der Waals surface area contributed by atoms with E-state index in [1.54, 1.807) is 12.1 Å². The molecule has 2 rings (SSSR count). The van der Waals surface area contributed by atoms with Crippen molar-refractivity contribution < 1.29 is 12.8 Å². The van der Waals surface area contributed by atoms with Gasteiger partial charge in [0.15, 0.2) is 0 Å². The van der Waals surface area contributed by atoms with Crippen LogP contribution in [0.3, 0.4) is 0 Å². The second-order valence-electron chi connectivity index (χ2n) is 4.41. The Balaban J connectivity index is 2.24. The molecule has 0 saturated carbocycles. The second-order valence-corrected chi connectivity index (χ2v) is 6.57. The van der Waals surface area contributed by atoms with E-state index in [4.69, 9.17) is 11.6 Å². The van der Waals surface area contributed by atoms with Crippen LogP contribution in [-0.2, 0) is 15.8 Å². The van der Waals surface area contributed by atoms with Gasteiger partial charge in [-0.05, 0) is 36.2 Å². The molecule has 0 aliphatic rings. The normalized spacial score (nSPS) is 11.3. The van der Waals surface area contributed by atoms with Crippen LogP contribution in [0.15, 0.2) is 42.5 Å². The maximum Gasteiger partial charge on any atom is 0.237 e. The third-order valence-corrected chi connectivity index (χ3v) is 4.26. The van der Waals surface area contributed by atoms with Crippen molar-refractivity contribution >= 4 is 27.3 Å². The van der Waals surface area contributed by atoms with Crippen molar-refractivity contribution in [1.82, 2.24) is 0 Å². The molecule has 6 heteroatoms. The molecular formula is C14H13ClFNO2S. The molecule has 0 atom stereocenters. The first kappa shape index (κ1) is 14.8. The third-order valence-electron chi connectivity index (χ3n) is 2.80. The van der Waals surface area contributed by atoms with Crippen LogP contribution in [0, 0.1) is 12.7 Å². The maximum atomic E-state index is 13.5. The number of nitrogens with one attached hydrogen (secondary N) is 1. The number of hydrogen-bond acceptors (Lipinski definition) is 2. The smallest absolute Gasteiger partial charge is 0.237 e. The van der Waals surface area contributed by atoms with Gasteiger partial charge in [-0.2, -0.15) is 0 Å². The molecule has 1 N–H and O–H groups in total. The van der Waals surface area contributed by atoms with Crippen molar-refractivity contribution in [3.05, 3.63) is 64.4 Å². The molecular weight excluding hydrogens is 301 g/mol. The van der Waals surface area contributed by atoms with Gasteiger partial charge in [-0.1, -0.05) is 35.9 Å². The quantitative estimate of drug-likeness (QED) is 0.935. The average molecular weight is 314 g/mol. The van der Waals surface area contributed by atoms with E-state index >= 15 is 0 Å². The molecule has 0 spiro atoms. The fourth-order valence-electron chi connectivity index (χ4n) is 1.76. The number of hydrogen-bond donors (Lipinski definition) is 1. The zero-order valence-corrected chi connectivity index (χ0v) is 12.3. The highest BCUT2D eigenvalue weighted by molar-refractivity contribution is 7.91. The van der Waals surface area contributed by atoms with Gasteiger partial charge in [0, 0.05) is 5.02 Å². The number of anilines is 1. The molecule has 0 radical (unpaired) electrons. The van der Waals surface area contributed by atoms with Crippen LogP contribution < -0.4 is 4.72 Å². The molecule has 0 saturated heterocycles. The maximum absolute atomic E-state index is 13.5. The molecule has 0 aliphatic heterocycles. The molecule has 0 fully saturated rings. The molecule has 2 aromatic rings. The SMILES string of the molecule is Cc1ccccc1CS(=O)(=O)Nc1cc(Cl)ccc1F. The molecule has 20 heavy (non-hydrogen) atoms. The highest BCUT2D eigenvalue weighted by Gasteiger charge is 2.15. The summed E-state index contributed by atoms with van der Waals surface area (Å²) in [6, 6.07) is 10.9. The molecule has 2 aromatic carbocycles. The Morgan fingerprint density at radius 3 is 2.60 bits per heavy atom. The summed E-state index contributed by atoms with van der Waals surface area (Å²) in [6.07, 6.45) is 0. The summed E-state index contributed by atoms with van der Waals surface area (Å²) in [7, 11) is -3.70. The van der Waals surface area contributed by atoms with Gasteiger partial charge in [-0.3, -0.25) is 4.72 Å². The monoisotopic (exact) mass is 313 g/mol. The van der Waals surface area contributed by atoms with E-state index in [9.17, 15) is 12.8 Å². The summed E-state index contributed by atoms with van der Waals surface area (Å²) in [6.45, 7) is 1.82. The number of rotatable bonds is 4. The number of aryl methyl sites for hydroxylation is 1. The lowest BCUT2D eigenvalue weighted by Gasteiger charge is -2.10. The summed E-state index contributed by atoms with van der Waals surface area (Å²) < 4.78 is 39.9. The van der Waals surface area contributed by atoms with Crippen molar-refractivity contribution in [2.75, 3.05) is 4.72 Å². The summed E-state index contributed by atoms with van der Waals surface area (Å²) >= 11 is 5.73. The van der Waals surface area contributed by atoms with Crippen LogP contribution >= 0.6 is 11.6 Å². The molecule has 0 aromatic heterocycles. The first-order chi connectivity index (χ1) is 9.37. The van der Waals surface area contributed by atoms with E-state index in [0.717, 1.165) is 11.6 Å². The van der Waals surface area contributed by atoms with Crippen LogP contribution in [0.1, 0.15) is 11.1 Å². The number of benzene rings is 2. The van der Waals surface area contributed by atoms with Crippen LogP contribution in [-0.4, -0.2) is 8.42 Å². The minimum absolute atomic E-state index is 0.147. The molecule has 0 aliphatic carbocycles. The highest BCUT2D eigenvalue weighted by atomic mass is 35.5. The Kier molecular flexibility index (Phi) is 4.30. The van der Waals surface area contributed by atoms with Gasteiger partial charge in [-0.25, -0.2) is 12.8 Å². The Labute approximate surface area is 122 Å². The average Bonchev–Trinajstić information content (AvgIpc) is 2.36. The predicted octanol–water partition coefficient (Wildman–Crippen LogP) is 3.73. The van der Waals surface area contributed by atoms with Gasteiger partial charge in [0.1, 0.15) is 5.82 Å². The van der Waals surface area contributed by atoms with Gasteiger partial charge < -0.3 is 0 Å². The summed E-state index contributed by atoms with van der Waals surface area (Å²) in [5.74, 6) is -0.881. The van der Waals surface area contributed by atoms with E-state index in [0.29, 0.717) is 5.56 Å². The van der Waals surface area contributed by atoms with Crippen LogP contribution in [0.5, 0.6) is 0 Å². The molecule has 0 bridgehead atoms. The third kappa shape index (κ3) is 3.71. The molecule has 0 amide bonds. The zero-order chi connectivity index (χ0) is 14.8. The van der Waals surface area contributed by atoms with E-state index in [1.165, 1.54) is 12.1 Å². The van der Waals surface area contributed by atoms with Crippen molar-refractivity contribution in [1.29, 1.82) is 0 Å². The van der Waals surface area contributed by atoms with Crippen molar-refractivity contribution in [2.45, 2.75) is 12.7 Å². The lowest BCUT2D eigenvalue weighted by Crippen LogP contribution is -2.16. The van der Waals surface area contributed by atoms with Crippen molar-refractivity contribution in [3.63, 3.8) is 0 Å². The molecule has 3 nitrogen and oxygen atoms in total. The predicted molar refractivity (Wildman–Crippen MR) is 78.8 cm³/mol. The van der Waals surface area contributed by atoms with E-state index in [-0.39, 0.29) is 16.5 Å². The fourth-order valence-corrected chi connectivity index (χ4v) is 3.23. The molecule has 0 heterocycles. The summed E-state index contributed by atoms with van der Waals surface area (Å²) in [5.41, 5.74) is 1.39. The van der Waals surface area contributed by atoms with Gasteiger partial charge >= 0.3 is 0 Å². The van der Waals surface area contributed by atoms with Crippen molar-refractivity contribution in [3.8, 4) is 0 Å². The molecule has 106 valence electrons. The van der Waals surface area contributed by atoms with Crippen LogP contribution in [0.2, 0.25) is 5.02 Å².